The van der Waals surface area contributed by atoms with Crippen LogP contribution in [0.1, 0.15) is 10.6 Å². The van der Waals surface area contributed by atoms with E-state index >= 15 is 0 Å². The van der Waals surface area contributed by atoms with E-state index in [0.717, 1.165) is 25.2 Å². The molecule has 0 bridgehead atoms. The third kappa shape index (κ3) is 1.33. The summed E-state index contributed by atoms with van der Waals surface area (Å²) in [5.41, 5.74) is 1.13. The first-order chi connectivity index (χ1) is 5.90. The molecule has 2 heterocycles. The van der Waals surface area contributed by atoms with Gasteiger partial charge in [0.1, 0.15) is 0 Å². The van der Waals surface area contributed by atoms with E-state index < -0.39 is 0 Å². The molecule has 64 valence electrons. The highest BCUT2D eigenvalue weighted by Gasteiger charge is 2.13. The van der Waals surface area contributed by atoms with Gasteiger partial charge in [-0.3, -0.25) is 4.79 Å². The minimum Gasteiger partial charge on any atom is -0.311 e. The number of carbonyl (C=O) groups excluding carboxylic acids is 1. The molecule has 0 fully saturated rings. The molecule has 0 spiro atoms. The zero-order valence-electron chi connectivity index (χ0n) is 6.46. The van der Waals surface area contributed by atoms with E-state index in [4.69, 9.17) is 0 Å². The maximum atomic E-state index is 10.1. The standard InChI is InChI=1S/C7H9N3OS/c11-4-9-7-10-5-1-2-8-3-6(5)12-7/h4,8H,1-3H2,(H,9,10,11). The Bertz CT molecular complexity index is 273. The summed E-state index contributed by atoms with van der Waals surface area (Å²) in [6.45, 7) is 1.87. The molecule has 0 saturated heterocycles. The number of thiazole rings is 1. The first kappa shape index (κ1) is 7.70. The van der Waals surface area contributed by atoms with Gasteiger partial charge in [-0.2, -0.15) is 0 Å². The van der Waals surface area contributed by atoms with Crippen LogP contribution in [0.5, 0.6) is 0 Å². The minimum absolute atomic E-state index is 0.664. The fourth-order valence-electron chi connectivity index (χ4n) is 1.24. The van der Waals surface area contributed by atoms with E-state index in [1.807, 2.05) is 0 Å². The Labute approximate surface area is 74.0 Å². The number of hydrogen-bond acceptors (Lipinski definition) is 4. The van der Waals surface area contributed by atoms with E-state index in [1.54, 1.807) is 11.3 Å². The Morgan fingerprint density at radius 2 is 2.58 bits per heavy atom. The van der Waals surface area contributed by atoms with E-state index in [0.29, 0.717) is 11.5 Å². The predicted octanol–water partition coefficient (Wildman–Crippen LogP) is 0.357. The highest BCUT2D eigenvalue weighted by Crippen LogP contribution is 2.24. The molecule has 4 nitrogen and oxygen atoms in total. The Kier molecular flexibility index (Phi) is 2.05. The lowest BCUT2D eigenvalue weighted by Crippen LogP contribution is -2.22. The molecule has 0 saturated carbocycles. The van der Waals surface area contributed by atoms with Crippen LogP contribution in [-0.4, -0.2) is 17.9 Å². The van der Waals surface area contributed by atoms with Crippen molar-refractivity contribution in [2.24, 2.45) is 0 Å². The molecule has 1 aliphatic rings. The topological polar surface area (TPSA) is 54.0 Å². The lowest BCUT2D eigenvalue weighted by Gasteiger charge is -2.09. The Morgan fingerprint density at radius 3 is 3.33 bits per heavy atom. The molecule has 2 rings (SSSR count). The van der Waals surface area contributed by atoms with Crippen molar-refractivity contribution >= 4 is 22.9 Å². The van der Waals surface area contributed by atoms with Crippen LogP contribution in [-0.2, 0) is 17.8 Å². The molecule has 0 atom stereocenters. The maximum absolute atomic E-state index is 10.1. The Balaban J connectivity index is 2.25. The van der Waals surface area contributed by atoms with Gasteiger partial charge in [-0.25, -0.2) is 4.98 Å². The maximum Gasteiger partial charge on any atom is 0.213 e. The first-order valence-electron chi connectivity index (χ1n) is 3.79. The van der Waals surface area contributed by atoms with Crippen molar-refractivity contribution in [1.82, 2.24) is 10.3 Å². The number of aromatic nitrogens is 1. The lowest BCUT2D eigenvalue weighted by molar-refractivity contribution is -0.105. The van der Waals surface area contributed by atoms with Gasteiger partial charge < -0.3 is 10.6 Å². The summed E-state index contributed by atoms with van der Waals surface area (Å²) in [5.74, 6) is 0. The fraction of sp³-hybridized carbons (Fsp3) is 0.429. The molecule has 1 aromatic heterocycles. The number of anilines is 1. The summed E-state index contributed by atoms with van der Waals surface area (Å²) >= 11 is 1.54. The third-order valence-electron chi connectivity index (χ3n) is 1.78. The largest absolute Gasteiger partial charge is 0.311 e. The third-order valence-corrected chi connectivity index (χ3v) is 2.81. The van der Waals surface area contributed by atoms with Crippen LogP contribution >= 0.6 is 11.3 Å². The van der Waals surface area contributed by atoms with Crippen molar-refractivity contribution in [3.8, 4) is 0 Å². The quantitative estimate of drug-likeness (QED) is 0.651. The van der Waals surface area contributed by atoms with Gasteiger partial charge in [0.05, 0.1) is 5.69 Å². The second-order valence-electron chi connectivity index (χ2n) is 2.58. The van der Waals surface area contributed by atoms with Crippen molar-refractivity contribution in [2.45, 2.75) is 13.0 Å². The number of rotatable bonds is 2. The van der Waals surface area contributed by atoms with Crippen LogP contribution in [0.15, 0.2) is 0 Å². The predicted molar refractivity (Wildman–Crippen MR) is 47.2 cm³/mol. The van der Waals surface area contributed by atoms with Gasteiger partial charge in [-0.05, 0) is 0 Å². The van der Waals surface area contributed by atoms with Crippen LogP contribution in [0, 0.1) is 0 Å². The van der Waals surface area contributed by atoms with Crippen molar-refractivity contribution in [3.63, 3.8) is 0 Å². The molecule has 1 aromatic rings. The van der Waals surface area contributed by atoms with Crippen molar-refractivity contribution in [1.29, 1.82) is 0 Å². The normalized spacial score (nSPS) is 15.3. The number of nitrogens with one attached hydrogen (secondary N) is 2. The second kappa shape index (κ2) is 3.20. The summed E-state index contributed by atoms with van der Waals surface area (Å²) in [6.07, 6.45) is 1.63. The summed E-state index contributed by atoms with van der Waals surface area (Å²) in [6, 6.07) is 0. The van der Waals surface area contributed by atoms with Gasteiger partial charge in [-0.15, -0.1) is 11.3 Å². The van der Waals surface area contributed by atoms with E-state index in [-0.39, 0.29) is 0 Å². The highest BCUT2D eigenvalue weighted by atomic mass is 32.1. The number of fused-ring (bicyclic) bond motifs is 1. The fourth-order valence-corrected chi connectivity index (χ4v) is 2.17. The molecular formula is C7H9N3OS. The molecule has 5 heteroatoms. The summed E-state index contributed by atoms with van der Waals surface area (Å²) in [4.78, 5) is 15.6. The van der Waals surface area contributed by atoms with Crippen LogP contribution in [0.3, 0.4) is 0 Å². The monoisotopic (exact) mass is 183 g/mol. The van der Waals surface area contributed by atoms with Crippen LogP contribution in [0.4, 0.5) is 5.13 Å². The van der Waals surface area contributed by atoms with Gasteiger partial charge in [-0.1, -0.05) is 0 Å². The molecule has 1 amide bonds. The number of carbonyl (C=O) groups is 1. The van der Waals surface area contributed by atoms with E-state index in [1.165, 1.54) is 4.88 Å². The molecule has 1 aliphatic heterocycles. The summed E-state index contributed by atoms with van der Waals surface area (Å²) < 4.78 is 0. The van der Waals surface area contributed by atoms with Gasteiger partial charge in [0.15, 0.2) is 5.13 Å². The zero-order chi connectivity index (χ0) is 8.39. The molecule has 0 aliphatic carbocycles. The molecule has 0 aromatic carbocycles. The molecule has 2 N–H and O–H groups in total. The van der Waals surface area contributed by atoms with Gasteiger partial charge >= 0.3 is 0 Å². The Morgan fingerprint density at radius 1 is 1.67 bits per heavy atom. The zero-order valence-corrected chi connectivity index (χ0v) is 7.28. The smallest absolute Gasteiger partial charge is 0.213 e. The van der Waals surface area contributed by atoms with Gasteiger partial charge in [0.2, 0.25) is 6.41 Å². The van der Waals surface area contributed by atoms with E-state index in [9.17, 15) is 4.79 Å². The van der Waals surface area contributed by atoms with Crippen LogP contribution < -0.4 is 10.6 Å². The minimum atomic E-state index is 0.664. The summed E-state index contributed by atoms with van der Waals surface area (Å²) in [7, 11) is 0. The summed E-state index contributed by atoms with van der Waals surface area (Å²) in [5, 5.41) is 6.52. The van der Waals surface area contributed by atoms with Gasteiger partial charge in [0.25, 0.3) is 0 Å². The molecule has 0 unspecified atom stereocenters. The van der Waals surface area contributed by atoms with Crippen LogP contribution in [0.25, 0.3) is 0 Å². The molecular weight excluding hydrogens is 174 g/mol. The van der Waals surface area contributed by atoms with Gasteiger partial charge in [0, 0.05) is 24.4 Å². The number of nitrogens with zero attached hydrogens (tertiary/aromatic N) is 1. The average molecular weight is 183 g/mol. The molecule has 0 radical (unpaired) electrons. The SMILES string of the molecule is O=CNc1nc2c(s1)CNCC2. The number of hydrogen-bond donors (Lipinski definition) is 2. The Hall–Kier alpha value is -0.940. The van der Waals surface area contributed by atoms with Crippen LogP contribution in [0.2, 0.25) is 0 Å². The first-order valence-corrected chi connectivity index (χ1v) is 4.61. The molecule has 12 heavy (non-hydrogen) atoms. The lowest BCUT2D eigenvalue weighted by atomic mass is 10.2. The highest BCUT2D eigenvalue weighted by molar-refractivity contribution is 7.15. The average Bonchev–Trinajstić information content (AvgIpc) is 2.47. The van der Waals surface area contributed by atoms with Crippen molar-refractivity contribution in [3.05, 3.63) is 10.6 Å². The second-order valence-corrected chi connectivity index (χ2v) is 3.66. The van der Waals surface area contributed by atoms with E-state index in [2.05, 4.69) is 15.6 Å². The van der Waals surface area contributed by atoms with Crippen molar-refractivity contribution in [2.75, 3.05) is 11.9 Å². The van der Waals surface area contributed by atoms with Crippen molar-refractivity contribution < 1.29 is 4.79 Å². The number of amides is 1.